The second kappa shape index (κ2) is 7.62. The molecule has 2 N–H and O–H groups in total. The Bertz CT molecular complexity index is 710. The maximum Gasteiger partial charge on any atom is 0.311 e. The topological polar surface area (TPSA) is 86.7 Å². The first-order valence-electron chi connectivity index (χ1n) is 7.93. The highest BCUT2D eigenvalue weighted by molar-refractivity contribution is 6.43. The first kappa shape index (κ1) is 19.5. The number of piperidine rings is 1. The third-order valence-electron chi connectivity index (χ3n) is 4.44. The molecule has 1 aromatic rings. The maximum absolute atomic E-state index is 12.6. The summed E-state index contributed by atoms with van der Waals surface area (Å²) in [7, 11) is 0. The summed E-state index contributed by atoms with van der Waals surface area (Å²) in [5.41, 5.74) is -0.781. The molecular formula is C17H20Cl2N2O4. The van der Waals surface area contributed by atoms with Gasteiger partial charge in [-0.3, -0.25) is 14.4 Å². The molecule has 6 nitrogen and oxygen atoms in total. The van der Waals surface area contributed by atoms with Crippen molar-refractivity contribution >= 4 is 41.0 Å². The number of halogens is 2. The highest BCUT2D eigenvalue weighted by atomic mass is 35.5. The number of nitrogens with one attached hydrogen (secondary N) is 1. The normalized spacial score (nSPS) is 21.5. The lowest BCUT2D eigenvalue weighted by atomic mass is 9.82. The fourth-order valence-electron chi connectivity index (χ4n) is 2.89. The average Bonchev–Trinajstić information content (AvgIpc) is 2.56. The van der Waals surface area contributed by atoms with Gasteiger partial charge >= 0.3 is 5.97 Å². The molecule has 0 aliphatic carbocycles. The number of aliphatic carboxylic acids is 1. The van der Waals surface area contributed by atoms with Crippen LogP contribution >= 0.6 is 23.2 Å². The van der Waals surface area contributed by atoms with Crippen molar-refractivity contribution in [3.63, 3.8) is 0 Å². The van der Waals surface area contributed by atoms with Crippen LogP contribution in [0.5, 0.6) is 0 Å². The van der Waals surface area contributed by atoms with E-state index < -0.39 is 23.3 Å². The standard InChI is InChI=1S/C17H20Cl2N2O4/c1-10(20-14(22)11-5-3-6-12(18)13(11)19)15(23)21-8-4-7-17(2,9-21)16(24)25/h3,5-6,10H,4,7-9H2,1-2H3,(H,20,22)(H,24,25). The van der Waals surface area contributed by atoms with E-state index in [0.29, 0.717) is 19.4 Å². The lowest BCUT2D eigenvalue weighted by Gasteiger charge is -2.38. The molecule has 1 fully saturated rings. The van der Waals surface area contributed by atoms with Crippen molar-refractivity contribution in [2.24, 2.45) is 5.41 Å². The molecule has 1 aliphatic rings. The number of benzene rings is 1. The van der Waals surface area contributed by atoms with Crippen molar-refractivity contribution in [3.8, 4) is 0 Å². The molecule has 0 saturated carbocycles. The molecule has 8 heteroatoms. The lowest BCUT2D eigenvalue weighted by molar-refractivity contribution is -0.153. The Morgan fingerprint density at radius 3 is 2.64 bits per heavy atom. The van der Waals surface area contributed by atoms with E-state index in [1.807, 2.05) is 0 Å². The third-order valence-corrected chi connectivity index (χ3v) is 5.26. The Kier molecular flexibility index (Phi) is 5.95. The largest absolute Gasteiger partial charge is 0.481 e. The van der Waals surface area contributed by atoms with Crippen molar-refractivity contribution in [2.75, 3.05) is 13.1 Å². The van der Waals surface area contributed by atoms with Gasteiger partial charge in [-0.25, -0.2) is 0 Å². The second-order valence-electron chi connectivity index (χ2n) is 6.53. The van der Waals surface area contributed by atoms with E-state index in [2.05, 4.69) is 5.32 Å². The minimum absolute atomic E-state index is 0.123. The van der Waals surface area contributed by atoms with E-state index in [-0.39, 0.29) is 28.1 Å². The van der Waals surface area contributed by atoms with Gasteiger partial charge in [-0.15, -0.1) is 0 Å². The number of carbonyl (C=O) groups is 3. The number of carboxylic acids is 1. The number of hydrogen-bond donors (Lipinski definition) is 2. The molecule has 2 atom stereocenters. The summed E-state index contributed by atoms with van der Waals surface area (Å²) in [4.78, 5) is 37.8. The van der Waals surface area contributed by atoms with Crippen LogP contribution in [0.3, 0.4) is 0 Å². The van der Waals surface area contributed by atoms with Crippen LogP contribution in [0.15, 0.2) is 18.2 Å². The first-order chi connectivity index (χ1) is 11.7. The van der Waals surface area contributed by atoms with E-state index in [0.717, 1.165) is 0 Å². The third kappa shape index (κ3) is 4.25. The van der Waals surface area contributed by atoms with Crippen molar-refractivity contribution in [3.05, 3.63) is 33.8 Å². The van der Waals surface area contributed by atoms with Gasteiger partial charge in [-0.2, -0.15) is 0 Å². The molecule has 0 spiro atoms. The first-order valence-corrected chi connectivity index (χ1v) is 8.68. The molecule has 0 radical (unpaired) electrons. The van der Waals surface area contributed by atoms with Crippen LogP contribution in [0, 0.1) is 5.41 Å². The summed E-state index contributed by atoms with van der Waals surface area (Å²) in [6.07, 6.45) is 1.13. The molecule has 1 heterocycles. The number of carbonyl (C=O) groups excluding carboxylic acids is 2. The van der Waals surface area contributed by atoms with Gasteiger partial charge in [0, 0.05) is 13.1 Å². The van der Waals surface area contributed by atoms with Gasteiger partial charge in [0.15, 0.2) is 0 Å². The van der Waals surface area contributed by atoms with Crippen LogP contribution < -0.4 is 5.32 Å². The molecule has 0 aromatic heterocycles. The Labute approximate surface area is 156 Å². The molecular weight excluding hydrogens is 367 g/mol. The predicted molar refractivity (Wildman–Crippen MR) is 94.9 cm³/mol. The molecule has 2 unspecified atom stereocenters. The van der Waals surface area contributed by atoms with Gasteiger partial charge in [-0.1, -0.05) is 29.3 Å². The number of amides is 2. The lowest BCUT2D eigenvalue weighted by Crippen LogP contribution is -2.53. The number of hydrogen-bond acceptors (Lipinski definition) is 3. The van der Waals surface area contributed by atoms with Crippen LogP contribution in [-0.4, -0.2) is 46.9 Å². The highest BCUT2D eigenvalue weighted by Crippen LogP contribution is 2.30. The summed E-state index contributed by atoms with van der Waals surface area (Å²) < 4.78 is 0. The van der Waals surface area contributed by atoms with Gasteiger partial charge in [0.1, 0.15) is 6.04 Å². The van der Waals surface area contributed by atoms with Crippen molar-refractivity contribution in [1.82, 2.24) is 10.2 Å². The highest BCUT2D eigenvalue weighted by Gasteiger charge is 2.40. The molecule has 136 valence electrons. The summed E-state index contributed by atoms with van der Waals surface area (Å²) >= 11 is 11.9. The van der Waals surface area contributed by atoms with Crippen molar-refractivity contribution in [2.45, 2.75) is 32.7 Å². The zero-order valence-electron chi connectivity index (χ0n) is 14.0. The fraction of sp³-hybridized carbons (Fsp3) is 0.471. The van der Waals surface area contributed by atoms with Gasteiger partial charge in [0.25, 0.3) is 5.91 Å². The van der Waals surface area contributed by atoms with Crippen LogP contribution in [0.4, 0.5) is 0 Å². The van der Waals surface area contributed by atoms with Crippen LogP contribution in [0.25, 0.3) is 0 Å². The van der Waals surface area contributed by atoms with E-state index in [1.54, 1.807) is 26.0 Å². The SMILES string of the molecule is CC(NC(=O)c1cccc(Cl)c1Cl)C(=O)N1CCCC(C)(C(=O)O)C1. The Balaban J connectivity index is 2.06. The van der Waals surface area contributed by atoms with Gasteiger partial charge in [0.05, 0.1) is 21.0 Å². The molecule has 1 aromatic carbocycles. The smallest absolute Gasteiger partial charge is 0.311 e. The number of carboxylic acid groups (broad SMARTS) is 1. The zero-order valence-corrected chi connectivity index (χ0v) is 15.5. The number of rotatable bonds is 4. The number of nitrogens with zero attached hydrogens (tertiary/aromatic N) is 1. The summed E-state index contributed by atoms with van der Waals surface area (Å²) in [6.45, 7) is 3.79. The second-order valence-corrected chi connectivity index (χ2v) is 7.31. The maximum atomic E-state index is 12.6. The minimum atomic E-state index is -0.964. The van der Waals surface area contributed by atoms with Crippen LogP contribution in [0.1, 0.15) is 37.0 Å². The molecule has 1 aliphatic heterocycles. The Hall–Kier alpha value is -1.79. The van der Waals surface area contributed by atoms with Crippen LogP contribution in [-0.2, 0) is 9.59 Å². The van der Waals surface area contributed by atoms with Crippen molar-refractivity contribution in [1.29, 1.82) is 0 Å². The molecule has 1 saturated heterocycles. The fourth-order valence-corrected chi connectivity index (χ4v) is 3.28. The minimum Gasteiger partial charge on any atom is -0.481 e. The molecule has 2 rings (SSSR count). The average molecular weight is 387 g/mol. The predicted octanol–water partition coefficient (Wildman–Crippen LogP) is 2.83. The monoisotopic (exact) mass is 386 g/mol. The Morgan fingerprint density at radius 1 is 1.32 bits per heavy atom. The quantitative estimate of drug-likeness (QED) is 0.832. The van der Waals surface area contributed by atoms with Crippen molar-refractivity contribution < 1.29 is 19.5 Å². The van der Waals surface area contributed by atoms with Gasteiger partial charge in [0.2, 0.25) is 5.91 Å². The van der Waals surface area contributed by atoms with Crippen LogP contribution in [0.2, 0.25) is 10.0 Å². The van der Waals surface area contributed by atoms with E-state index in [9.17, 15) is 19.5 Å². The molecule has 25 heavy (non-hydrogen) atoms. The molecule has 0 bridgehead atoms. The number of likely N-dealkylation sites (tertiary alicyclic amines) is 1. The van der Waals surface area contributed by atoms with E-state index >= 15 is 0 Å². The molecule has 2 amide bonds. The Morgan fingerprint density at radius 2 is 2.00 bits per heavy atom. The van der Waals surface area contributed by atoms with E-state index in [4.69, 9.17) is 23.2 Å². The summed E-state index contributed by atoms with van der Waals surface area (Å²) in [5, 5.41) is 12.3. The summed E-state index contributed by atoms with van der Waals surface area (Å²) in [6, 6.07) is 3.87. The van der Waals surface area contributed by atoms with E-state index in [1.165, 1.54) is 11.0 Å². The summed E-state index contributed by atoms with van der Waals surface area (Å²) in [5.74, 6) is -1.75. The zero-order chi connectivity index (χ0) is 18.8. The van der Waals surface area contributed by atoms with Gasteiger partial charge in [-0.05, 0) is 38.8 Å². The van der Waals surface area contributed by atoms with Gasteiger partial charge < -0.3 is 15.3 Å².